The van der Waals surface area contributed by atoms with E-state index in [-0.39, 0.29) is 6.03 Å². The van der Waals surface area contributed by atoms with Gasteiger partial charge in [0.15, 0.2) is 0 Å². The van der Waals surface area contributed by atoms with E-state index >= 15 is 0 Å². The second-order valence-electron chi connectivity index (χ2n) is 5.73. The molecule has 1 aliphatic heterocycles. The zero-order valence-corrected chi connectivity index (χ0v) is 14.9. The molecule has 2 N–H and O–H groups in total. The van der Waals surface area contributed by atoms with Crippen LogP contribution in [-0.4, -0.2) is 42.3 Å². The van der Waals surface area contributed by atoms with Crippen LogP contribution in [0.3, 0.4) is 0 Å². The Morgan fingerprint density at radius 3 is 2.40 bits per heavy atom. The topological polar surface area (TPSA) is 79.4 Å². The first-order valence-electron chi connectivity index (χ1n) is 8.05. The molecule has 0 atom stereocenters. The molecule has 0 bridgehead atoms. The highest BCUT2D eigenvalue weighted by Crippen LogP contribution is 2.23. The van der Waals surface area contributed by atoms with E-state index in [2.05, 4.69) is 25.5 Å². The molecule has 0 radical (unpaired) electrons. The van der Waals surface area contributed by atoms with Crippen LogP contribution < -0.4 is 15.5 Å². The van der Waals surface area contributed by atoms with Crippen molar-refractivity contribution in [2.75, 3.05) is 41.8 Å². The molecule has 0 unspecified atom stereocenters. The Kier molecular flexibility index (Phi) is 5.35. The Balaban J connectivity index is 1.74. The summed E-state index contributed by atoms with van der Waals surface area (Å²) in [6, 6.07) is 6.67. The maximum atomic E-state index is 12.3. The number of carbonyl (C=O) groups excluding carboxylic acids is 1. The van der Waals surface area contributed by atoms with Gasteiger partial charge in [-0.15, -0.1) is 0 Å². The van der Waals surface area contributed by atoms with Crippen LogP contribution in [0.25, 0.3) is 0 Å². The SMILES string of the molecule is Cc1nc(N2CCOCC2)nc(C)c1NC(=O)Nc1ccccc1Cl. The number of nitrogens with one attached hydrogen (secondary N) is 2. The summed E-state index contributed by atoms with van der Waals surface area (Å²) in [5.41, 5.74) is 2.57. The number of rotatable bonds is 3. The van der Waals surface area contributed by atoms with Crippen LogP contribution in [0.1, 0.15) is 11.4 Å². The van der Waals surface area contributed by atoms with Gasteiger partial charge in [-0.1, -0.05) is 23.7 Å². The molecule has 25 heavy (non-hydrogen) atoms. The molecular formula is C17H20ClN5O2. The molecule has 1 aromatic carbocycles. The Morgan fingerprint density at radius 2 is 1.76 bits per heavy atom. The molecule has 0 aliphatic carbocycles. The van der Waals surface area contributed by atoms with E-state index in [1.807, 2.05) is 13.8 Å². The lowest BCUT2D eigenvalue weighted by atomic mass is 10.3. The molecule has 0 spiro atoms. The number of morpholine rings is 1. The number of aryl methyl sites for hydroxylation is 2. The van der Waals surface area contributed by atoms with Crippen molar-refractivity contribution in [1.82, 2.24) is 9.97 Å². The zero-order valence-electron chi connectivity index (χ0n) is 14.2. The van der Waals surface area contributed by atoms with Gasteiger partial charge in [-0.3, -0.25) is 0 Å². The summed E-state index contributed by atoms with van der Waals surface area (Å²) in [6.45, 7) is 6.56. The predicted molar refractivity (Wildman–Crippen MR) is 98.6 cm³/mol. The molecule has 132 valence electrons. The van der Waals surface area contributed by atoms with Gasteiger partial charge in [0.2, 0.25) is 5.95 Å². The van der Waals surface area contributed by atoms with Crippen molar-refractivity contribution in [2.24, 2.45) is 0 Å². The van der Waals surface area contributed by atoms with Gasteiger partial charge in [-0.25, -0.2) is 14.8 Å². The van der Waals surface area contributed by atoms with Crippen LogP contribution in [0.2, 0.25) is 5.02 Å². The van der Waals surface area contributed by atoms with Gasteiger partial charge in [0.05, 0.1) is 41.0 Å². The number of carbonyl (C=O) groups is 1. The Morgan fingerprint density at radius 1 is 1.12 bits per heavy atom. The number of para-hydroxylation sites is 1. The van der Waals surface area contributed by atoms with Crippen LogP contribution in [0.15, 0.2) is 24.3 Å². The number of ether oxygens (including phenoxy) is 1. The average Bonchev–Trinajstić information content (AvgIpc) is 2.61. The van der Waals surface area contributed by atoms with Crippen LogP contribution in [0.5, 0.6) is 0 Å². The minimum Gasteiger partial charge on any atom is -0.378 e. The fraction of sp³-hybridized carbons (Fsp3) is 0.353. The molecule has 1 aliphatic rings. The molecular weight excluding hydrogens is 342 g/mol. The van der Waals surface area contributed by atoms with Gasteiger partial charge in [0.1, 0.15) is 0 Å². The van der Waals surface area contributed by atoms with Gasteiger partial charge in [0.25, 0.3) is 0 Å². The van der Waals surface area contributed by atoms with Crippen LogP contribution in [0, 0.1) is 13.8 Å². The summed E-state index contributed by atoms with van der Waals surface area (Å²) in [5, 5.41) is 6.01. The number of hydrogen-bond acceptors (Lipinski definition) is 5. The molecule has 0 saturated carbocycles. The standard InChI is InChI=1S/C17H20ClN5O2/c1-11-15(22-17(24)21-14-6-4-3-5-13(14)18)12(2)20-16(19-11)23-7-9-25-10-8-23/h3-6H,7-10H2,1-2H3,(H2,21,22,24). The van der Waals surface area contributed by atoms with Gasteiger partial charge >= 0.3 is 6.03 Å². The quantitative estimate of drug-likeness (QED) is 0.877. The molecule has 1 fully saturated rings. The number of amides is 2. The van der Waals surface area contributed by atoms with Gasteiger partial charge in [-0.2, -0.15) is 0 Å². The highest BCUT2D eigenvalue weighted by molar-refractivity contribution is 6.33. The predicted octanol–water partition coefficient (Wildman–Crippen LogP) is 3.23. The number of urea groups is 1. The smallest absolute Gasteiger partial charge is 0.323 e. The van der Waals surface area contributed by atoms with Crippen LogP contribution >= 0.6 is 11.6 Å². The number of anilines is 3. The molecule has 2 aromatic rings. The number of hydrogen-bond donors (Lipinski definition) is 2. The zero-order chi connectivity index (χ0) is 17.8. The normalized spacial score (nSPS) is 14.3. The number of aromatic nitrogens is 2. The fourth-order valence-electron chi connectivity index (χ4n) is 2.61. The monoisotopic (exact) mass is 361 g/mol. The highest BCUT2D eigenvalue weighted by atomic mass is 35.5. The summed E-state index contributed by atoms with van der Waals surface area (Å²) in [4.78, 5) is 23.4. The number of nitrogens with zero attached hydrogens (tertiary/aromatic N) is 3. The molecule has 7 nitrogen and oxygen atoms in total. The average molecular weight is 362 g/mol. The summed E-state index contributed by atoms with van der Waals surface area (Å²) in [6.07, 6.45) is 0. The van der Waals surface area contributed by atoms with E-state index in [0.717, 1.165) is 13.1 Å². The lowest BCUT2D eigenvalue weighted by Gasteiger charge is -2.27. The fourth-order valence-corrected chi connectivity index (χ4v) is 2.80. The van der Waals surface area contributed by atoms with Crippen molar-refractivity contribution in [3.8, 4) is 0 Å². The number of halogens is 1. The van der Waals surface area contributed by atoms with Crippen LogP contribution in [-0.2, 0) is 4.74 Å². The summed E-state index contributed by atoms with van der Waals surface area (Å²) >= 11 is 6.06. The first-order chi connectivity index (χ1) is 12.0. The van der Waals surface area contributed by atoms with Crippen molar-refractivity contribution in [3.05, 3.63) is 40.7 Å². The van der Waals surface area contributed by atoms with Crippen molar-refractivity contribution in [2.45, 2.75) is 13.8 Å². The van der Waals surface area contributed by atoms with E-state index in [1.54, 1.807) is 24.3 Å². The molecule has 2 heterocycles. The molecule has 1 aromatic heterocycles. The first-order valence-corrected chi connectivity index (χ1v) is 8.43. The molecule has 3 rings (SSSR count). The summed E-state index contributed by atoms with van der Waals surface area (Å²) in [7, 11) is 0. The Labute approximate surface area is 151 Å². The summed E-state index contributed by atoms with van der Waals surface area (Å²) in [5.74, 6) is 0.662. The molecule has 8 heteroatoms. The third-order valence-corrected chi connectivity index (χ3v) is 4.24. The van der Waals surface area contributed by atoms with E-state index in [1.165, 1.54) is 0 Å². The number of benzene rings is 1. The second kappa shape index (κ2) is 7.67. The van der Waals surface area contributed by atoms with Crippen molar-refractivity contribution in [1.29, 1.82) is 0 Å². The van der Waals surface area contributed by atoms with Gasteiger partial charge in [-0.05, 0) is 26.0 Å². The third kappa shape index (κ3) is 4.18. The van der Waals surface area contributed by atoms with Gasteiger partial charge in [0, 0.05) is 13.1 Å². The van der Waals surface area contributed by atoms with E-state index < -0.39 is 0 Å². The van der Waals surface area contributed by atoms with E-state index in [9.17, 15) is 4.79 Å². The Bertz CT molecular complexity index is 754. The largest absolute Gasteiger partial charge is 0.378 e. The Hall–Kier alpha value is -2.38. The maximum absolute atomic E-state index is 12.3. The first kappa shape index (κ1) is 17.4. The van der Waals surface area contributed by atoms with Crippen molar-refractivity contribution in [3.63, 3.8) is 0 Å². The minimum absolute atomic E-state index is 0.387. The minimum atomic E-state index is -0.387. The van der Waals surface area contributed by atoms with E-state index in [4.69, 9.17) is 16.3 Å². The van der Waals surface area contributed by atoms with Crippen LogP contribution in [0.4, 0.5) is 22.1 Å². The summed E-state index contributed by atoms with van der Waals surface area (Å²) < 4.78 is 5.35. The highest BCUT2D eigenvalue weighted by Gasteiger charge is 2.18. The second-order valence-corrected chi connectivity index (χ2v) is 6.14. The molecule has 1 saturated heterocycles. The lowest BCUT2D eigenvalue weighted by molar-refractivity contribution is 0.122. The maximum Gasteiger partial charge on any atom is 0.323 e. The molecule has 2 amide bonds. The van der Waals surface area contributed by atoms with Gasteiger partial charge < -0.3 is 20.3 Å². The van der Waals surface area contributed by atoms with E-state index in [0.29, 0.717) is 46.9 Å². The third-order valence-electron chi connectivity index (χ3n) is 3.91. The lowest BCUT2D eigenvalue weighted by Crippen LogP contribution is -2.37. The van der Waals surface area contributed by atoms with Crippen molar-refractivity contribution < 1.29 is 9.53 Å². The van der Waals surface area contributed by atoms with Crippen molar-refractivity contribution >= 4 is 35.0 Å².